The Hall–Kier alpha value is -1.12. The first-order chi connectivity index (χ1) is 8.81. The first kappa shape index (κ1) is 26.4. The standard InChI is InChI=1S/C6H7O3.C5H10.2CO.Fe/c1-2-9-6(8)4-3-5-7;1-2-4-5-3-1;2*1-2;/h3-4H,2H2,1H3;1-5H2;;;/q-1;;;;+2/b4-3+;;;;. The molecule has 0 radical (unpaired) electrons. The smallest absolute Gasteiger partial charge is 2.00 e. The molecule has 19 heavy (non-hydrogen) atoms. The molecule has 0 N–H and O–H groups in total. The number of allylic oxidation sites excluding steroid dienone is 1. The summed E-state index contributed by atoms with van der Waals surface area (Å²) in [5.41, 5.74) is 0. The van der Waals surface area contributed by atoms with Gasteiger partial charge in [0.1, 0.15) is 0 Å². The maximum atomic E-state index is 10.3. The maximum Gasteiger partial charge on any atom is 2.00 e. The van der Waals surface area contributed by atoms with Crippen LogP contribution in [0.2, 0.25) is 0 Å². The van der Waals surface area contributed by atoms with Gasteiger partial charge in [0.05, 0.1) is 6.61 Å². The van der Waals surface area contributed by atoms with Crippen molar-refractivity contribution >= 4 is 12.3 Å². The fourth-order valence-electron chi connectivity index (χ4n) is 1.18. The van der Waals surface area contributed by atoms with Crippen LogP contribution < -0.4 is 0 Å². The molecule has 0 unspecified atom stereocenters. The first-order valence-electron chi connectivity index (χ1n) is 5.43. The number of carbonyl (C=O) groups is 1. The van der Waals surface area contributed by atoms with E-state index in [0.29, 0.717) is 6.61 Å². The van der Waals surface area contributed by atoms with Crippen molar-refractivity contribution in [1.82, 2.24) is 0 Å². The molecule has 1 aliphatic carbocycles. The van der Waals surface area contributed by atoms with E-state index in [1.54, 1.807) is 6.92 Å². The molecule has 0 amide bonds. The molecule has 0 saturated heterocycles. The molecule has 0 aromatic rings. The molecule has 0 aromatic carbocycles. The molecule has 0 spiro atoms. The number of esters is 1. The van der Waals surface area contributed by atoms with Gasteiger partial charge in [-0.1, -0.05) is 32.1 Å². The Labute approximate surface area is 124 Å². The molecular weight excluding hydrogens is 292 g/mol. The van der Waals surface area contributed by atoms with Crippen molar-refractivity contribution in [1.29, 1.82) is 0 Å². The van der Waals surface area contributed by atoms with Crippen molar-refractivity contribution in [3.05, 3.63) is 25.5 Å². The minimum Gasteiger partial charge on any atom is 2.00 e. The van der Waals surface area contributed by atoms with Crippen LogP contribution >= 0.6 is 0 Å². The molecule has 0 heterocycles. The van der Waals surface area contributed by atoms with Crippen molar-refractivity contribution in [2.24, 2.45) is 0 Å². The van der Waals surface area contributed by atoms with Gasteiger partial charge in [0.15, 0.2) is 0 Å². The average molecular weight is 309 g/mol. The second-order valence-corrected chi connectivity index (χ2v) is 2.97. The van der Waals surface area contributed by atoms with Gasteiger partial charge in [-0.25, -0.2) is 0 Å². The van der Waals surface area contributed by atoms with Crippen LogP contribution in [0.15, 0.2) is 12.2 Å². The molecular formula is C13H17FeO5+. The summed E-state index contributed by atoms with van der Waals surface area (Å²) in [5.74, 6) is -0.513. The van der Waals surface area contributed by atoms with E-state index in [2.05, 4.69) is 18.0 Å². The summed E-state index contributed by atoms with van der Waals surface area (Å²) in [4.78, 5) is 19.8. The van der Waals surface area contributed by atoms with Crippen molar-refractivity contribution in [3.63, 3.8) is 0 Å². The molecule has 1 saturated carbocycles. The molecule has 1 fully saturated rings. The van der Waals surface area contributed by atoms with E-state index in [-0.39, 0.29) is 17.1 Å². The van der Waals surface area contributed by atoms with E-state index in [9.17, 15) is 9.59 Å². The molecule has 0 bridgehead atoms. The number of hydrogen-bond donors (Lipinski definition) is 0. The molecule has 0 aliphatic heterocycles. The van der Waals surface area contributed by atoms with Gasteiger partial charge in [-0.2, -0.15) is 6.08 Å². The van der Waals surface area contributed by atoms with Gasteiger partial charge in [-0.05, 0) is 13.2 Å². The minimum atomic E-state index is -0.513. The number of ether oxygens (including phenoxy) is 1. The van der Waals surface area contributed by atoms with E-state index in [1.165, 1.54) is 38.4 Å². The SMILES string of the molecule is C1CCCC1.CCOC(=O)/C=C/[C-]=O.[C-]#[O+].[C-]#[O+].[Fe+2]. The Morgan fingerprint density at radius 3 is 1.79 bits per heavy atom. The Morgan fingerprint density at radius 2 is 1.53 bits per heavy atom. The van der Waals surface area contributed by atoms with Gasteiger partial charge >= 0.3 is 39.7 Å². The van der Waals surface area contributed by atoms with Crippen LogP contribution in [-0.2, 0) is 40.7 Å². The predicted octanol–water partition coefficient (Wildman–Crippen LogP) is 2.09. The van der Waals surface area contributed by atoms with Crippen molar-refractivity contribution in [2.45, 2.75) is 39.0 Å². The van der Waals surface area contributed by atoms with Gasteiger partial charge < -0.3 is 9.53 Å². The maximum absolute atomic E-state index is 10.3. The molecule has 0 aromatic heterocycles. The summed E-state index contributed by atoms with van der Waals surface area (Å²) in [6.07, 6.45) is 10.9. The Morgan fingerprint density at radius 1 is 1.16 bits per heavy atom. The summed E-state index contributed by atoms with van der Waals surface area (Å²) in [6.45, 7) is 11.0. The second kappa shape index (κ2) is 30.2. The van der Waals surface area contributed by atoms with Crippen molar-refractivity contribution in [2.75, 3.05) is 6.61 Å². The zero-order chi connectivity index (χ0) is 14.6. The summed E-state index contributed by atoms with van der Waals surface area (Å²) >= 11 is 0. The third-order valence-corrected chi connectivity index (χ3v) is 1.82. The topological polar surface area (TPSA) is 83.2 Å². The van der Waals surface area contributed by atoms with Crippen LogP contribution in [0, 0.1) is 13.3 Å². The van der Waals surface area contributed by atoms with Crippen LogP contribution in [0.1, 0.15) is 39.0 Å². The average Bonchev–Trinajstić information content (AvgIpc) is 3.01. The van der Waals surface area contributed by atoms with Crippen LogP contribution in [0.25, 0.3) is 0 Å². The Bertz CT molecular complexity index is 241. The summed E-state index contributed by atoms with van der Waals surface area (Å²) in [7, 11) is 0. The number of hydrogen-bond acceptors (Lipinski definition) is 3. The zero-order valence-electron chi connectivity index (χ0n) is 10.8. The van der Waals surface area contributed by atoms with Gasteiger partial charge in [0, 0.05) is 0 Å². The van der Waals surface area contributed by atoms with E-state index in [0.717, 1.165) is 12.2 Å². The Kier molecular flexibility index (Phi) is 42.0. The predicted molar refractivity (Wildman–Crippen MR) is 62.4 cm³/mol. The molecule has 1 aliphatic rings. The van der Waals surface area contributed by atoms with Crippen LogP contribution in [0.4, 0.5) is 0 Å². The molecule has 6 heteroatoms. The van der Waals surface area contributed by atoms with Crippen LogP contribution in [0.3, 0.4) is 0 Å². The van der Waals surface area contributed by atoms with Gasteiger partial charge in [-0.3, -0.25) is 4.79 Å². The van der Waals surface area contributed by atoms with E-state index < -0.39 is 5.97 Å². The molecule has 1 rings (SSSR count). The van der Waals surface area contributed by atoms with E-state index >= 15 is 0 Å². The fraction of sp³-hybridized carbons (Fsp3) is 0.538. The van der Waals surface area contributed by atoms with Gasteiger partial charge in [0.25, 0.3) is 0 Å². The van der Waals surface area contributed by atoms with Crippen LogP contribution in [-0.4, -0.2) is 18.9 Å². The zero-order valence-corrected chi connectivity index (χ0v) is 11.9. The fourth-order valence-corrected chi connectivity index (χ4v) is 1.18. The third-order valence-electron chi connectivity index (χ3n) is 1.82. The minimum absolute atomic E-state index is 0. The van der Waals surface area contributed by atoms with E-state index in [4.69, 9.17) is 9.30 Å². The quantitative estimate of drug-likeness (QED) is 0.263. The van der Waals surface area contributed by atoms with Crippen molar-refractivity contribution < 1.29 is 40.7 Å². The van der Waals surface area contributed by atoms with Crippen molar-refractivity contribution in [3.8, 4) is 0 Å². The summed E-state index contributed by atoms with van der Waals surface area (Å²) in [5, 5.41) is 0. The largest absolute Gasteiger partial charge is 2.00 e. The van der Waals surface area contributed by atoms with E-state index in [1.807, 2.05) is 0 Å². The number of carbonyl (C=O) groups excluding carboxylic acids is 2. The van der Waals surface area contributed by atoms with Gasteiger partial charge in [-0.15, -0.1) is 6.08 Å². The number of rotatable bonds is 3. The normalized spacial score (nSPS) is 11.0. The second-order valence-electron chi connectivity index (χ2n) is 2.97. The molecule has 0 atom stereocenters. The summed E-state index contributed by atoms with van der Waals surface area (Å²) in [6, 6.07) is 0. The summed E-state index contributed by atoms with van der Waals surface area (Å²) < 4.78 is 19.4. The van der Waals surface area contributed by atoms with Gasteiger partial charge in [0.2, 0.25) is 5.97 Å². The molecule has 106 valence electrons. The van der Waals surface area contributed by atoms with Crippen LogP contribution in [0.5, 0.6) is 0 Å². The first-order valence-corrected chi connectivity index (χ1v) is 5.43. The third kappa shape index (κ3) is 31.6. The monoisotopic (exact) mass is 309 g/mol. The Balaban J connectivity index is -0.0000000956. The molecule has 5 nitrogen and oxygen atoms in total.